The van der Waals surface area contributed by atoms with Crippen molar-refractivity contribution in [2.45, 2.75) is 19.8 Å². The number of aromatic nitrogens is 2. The van der Waals surface area contributed by atoms with Gasteiger partial charge in [-0.1, -0.05) is 23.7 Å². The van der Waals surface area contributed by atoms with Crippen LogP contribution in [0, 0.1) is 6.92 Å². The lowest BCUT2D eigenvalue weighted by molar-refractivity contribution is 0.0948. The highest BCUT2D eigenvalue weighted by molar-refractivity contribution is 6.33. The maximum Gasteiger partial charge on any atom is 0.273 e. The minimum absolute atomic E-state index is 0.0809. The van der Waals surface area contributed by atoms with E-state index in [2.05, 4.69) is 15.3 Å². The Kier molecular flexibility index (Phi) is 6.28. The molecule has 1 amide bonds. The van der Waals surface area contributed by atoms with E-state index in [4.69, 9.17) is 26.9 Å². The number of nitrogens with one attached hydrogen (secondary N) is 1. The molecule has 3 rings (SSSR count). The van der Waals surface area contributed by atoms with Gasteiger partial charge in [-0.25, -0.2) is 9.97 Å². The topological polar surface area (TPSA) is 114 Å². The Hall–Kier alpha value is -2.90. The number of benzene rings is 1. The number of anilines is 1. The number of nitrogens with zero attached hydrogens (tertiary/aromatic N) is 2. The predicted molar refractivity (Wildman–Crippen MR) is 108 cm³/mol. The second-order valence-corrected chi connectivity index (χ2v) is 6.69. The van der Waals surface area contributed by atoms with Crippen molar-refractivity contribution in [1.29, 1.82) is 0 Å². The van der Waals surface area contributed by atoms with Gasteiger partial charge >= 0.3 is 0 Å². The zero-order chi connectivity index (χ0) is 20.1. The molecule has 0 aliphatic heterocycles. The lowest BCUT2D eigenvalue weighted by Gasteiger charge is -2.05. The number of nitrogens with two attached hydrogens (primary N) is 1. The number of oxazole rings is 1. The summed E-state index contributed by atoms with van der Waals surface area (Å²) in [5, 5.41) is 12.1. The van der Waals surface area contributed by atoms with Crippen molar-refractivity contribution in [3.8, 4) is 22.8 Å². The Morgan fingerprint density at radius 2 is 2.07 bits per heavy atom. The zero-order valence-corrected chi connectivity index (χ0v) is 16.2. The third-order valence-corrected chi connectivity index (χ3v) is 4.52. The van der Waals surface area contributed by atoms with Crippen molar-refractivity contribution in [3.05, 3.63) is 52.8 Å². The molecule has 0 atom stereocenters. The maximum absolute atomic E-state index is 12.7. The van der Waals surface area contributed by atoms with Crippen LogP contribution in [0.1, 0.15) is 28.9 Å². The molecule has 2 aromatic heterocycles. The summed E-state index contributed by atoms with van der Waals surface area (Å²) in [5.74, 6) is 0.507. The van der Waals surface area contributed by atoms with Gasteiger partial charge in [0.2, 0.25) is 5.89 Å². The summed E-state index contributed by atoms with van der Waals surface area (Å²) in [7, 11) is 0. The van der Waals surface area contributed by atoms with E-state index >= 15 is 0 Å². The fraction of sp³-hybridized carbons (Fsp3) is 0.250. The van der Waals surface area contributed by atoms with Gasteiger partial charge in [0.15, 0.2) is 11.5 Å². The summed E-state index contributed by atoms with van der Waals surface area (Å²) in [6.45, 7) is 2.36. The van der Waals surface area contributed by atoms with E-state index in [9.17, 15) is 4.79 Å². The van der Waals surface area contributed by atoms with Gasteiger partial charge < -0.3 is 20.6 Å². The first kappa shape index (κ1) is 19.9. The van der Waals surface area contributed by atoms with E-state index in [1.807, 2.05) is 13.0 Å². The highest BCUT2D eigenvalue weighted by atomic mass is 35.5. The second kappa shape index (κ2) is 8.86. The standard InChI is InChI=1S/C20H21ClN4O3/c1-12-11-24-16(22)10-14(12)20-25-17(19(27)23-8-4-5-9-26)18(28-20)13-6-2-3-7-15(13)21/h2-3,6-7,10-11,26H,4-5,8-9H2,1H3,(H2,22,24)(H,23,27). The van der Waals surface area contributed by atoms with E-state index in [1.165, 1.54) is 0 Å². The predicted octanol–water partition coefficient (Wildman–Crippen LogP) is 3.45. The molecule has 0 radical (unpaired) electrons. The quantitative estimate of drug-likeness (QED) is 0.523. The summed E-state index contributed by atoms with van der Waals surface area (Å²) < 4.78 is 5.97. The molecule has 2 heterocycles. The van der Waals surface area contributed by atoms with Crippen molar-refractivity contribution in [2.75, 3.05) is 18.9 Å². The number of halogens is 1. The summed E-state index contributed by atoms with van der Waals surface area (Å²) in [4.78, 5) is 21.2. The number of pyridine rings is 1. The lowest BCUT2D eigenvalue weighted by atomic mass is 10.1. The Bertz CT molecular complexity index is 987. The highest BCUT2D eigenvalue weighted by Gasteiger charge is 2.24. The van der Waals surface area contributed by atoms with Crippen LogP contribution in [0.3, 0.4) is 0 Å². The average Bonchev–Trinajstić information content (AvgIpc) is 3.12. The molecule has 0 spiro atoms. The second-order valence-electron chi connectivity index (χ2n) is 6.29. The van der Waals surface area contributed by atoms with Crippen molar-refractivity contribution in [1.82, 2.24) is 15.3 Å². The maximum atomic E-state index is 12.7. The average molecular weight is 401 g/mol. The summed E-state index contributed by atoms with van der Waals surface area (Å²) in [5.41, 5.74) is 7.98. The molecule has 7 nitrogen and oxygen atoms in total. The Morgan fingerprint density at radius 3 is 2.82 bits per heavy atom. The largest absolute Gasteiger partial charge is 0.435 e. The molecule has 4 N–H and O–H groups in total. The number of hydrogen-bond acceptors (Lipinski definition) is 6. The van der Waals surface area contributed by atoms with Crippen molar-refractivity contribution in [3.63, 3.8) is 0 Å². The monoisotopic (exact) mass is 400 g/mol. The molecule has 1 aromatic carbocycles. The Morgan fingerprint density at radius 1 is 1.29 bits per heavy atom. The fourth-order valence-corrected chi connectivity index (χ4v) is 2.93. The van der Waals surface area contributed by atoms with Crippen LogP contribution in [0.25, 0.3) is 22.8 Å². The Balaban J connectivity index is 2.04. The number of amides is 1. The minimum Gasteiger partial charge on any atom is -0.435 e. The van der Waals surface area contributed by atoms with Crippen LogP contribution in [0.15, 0.2) is 40.9 Å². The van der Waals surface area contributed by atoms with E-state index < -0.39 is 0 Å². The van der Waals surface area contributed by atoms with Gasteiger partial charge in [0, 0.05) is 30.5 Å². The molecule has 28 heavy (non-hydrogen) atoms. The lowest BCUT2D eigenvalue weighted by Crippen LogP contribution is -2.25. The molecule has 146 valence electrons. The summed E-state index contributed by atoms with van der Waals surface area (Å²) >= 11 is 6.32. The van der Waals surface area contributed by atoms with E-state index in [0.717, 1.165) is 5.56 Å². The van der Waals surface area contributed by atoms with Crippen molar-refractivity contribution < 1.29 is 14.3 Å². The number of unbranched alkanes of at least 4 members (excludes halogenated alkanes) is 1. The molecule has 0 unspecified atom stereocenters. The number of aliphatic hydroxyl groups excluding tert-OH is 1. The number of aliphatic hydroxyl groups is 1. The number of nitrogen functional groups attached to an aromatic ring is 1. The van der Waals surface area contributed by atoms with Crippen LogP contribution in [0.2, 0.25) is 5.02 Å². The summed E-state index contributed by atoms with van der Waals surface area (Å²) in [6.07, 6.45) is 2.89. The molecule has 0 bridgehead atoms. The molecule has 0 aliphatic carbocycles. The Labute approximate surface area is 167 Å². The highest BCUT2D eigenvalue weighted by Crippen LogP contribution is 2.35. The fourth-order valence-electron chi connectivity index (χ4n) is 2.71. The third kappa shape index (κ3) is 4.32. The number of carbonyl (C=O) groups excluding carboxylic acids is 1. The van der Waals surface area contributed by atoms with Gasteiger partial charge in [0.1, 0.15) is 5.82 Å². The van der Waals surface area contributed by atoms with Gasteiger partial charge in [-0.2, -0.15) is 0 Å². The normalized spacial score (nSPS) is 10.8. The number of rotatable bonds is 7. The van der Waals surface area contributed by atoms with Crippen LogP contribution in [-0.4, -0.2) is 34.1 Å². The molecule has 0 fully saturated rings. The van der Waals surface area contributed by atoms with Gasteiger partial charge in [0.05, 0.1) is 5.02 Å². The van der Waals surface area contributed by atoms with Crippen molar-refractivity contribution >= 4 is 23.3 Å². The molecular formula is C20H21ClN4O3. The third-order valence-electron chi connectivity index (χ3n) is 4.19. The molecule has 0 saturated heterocycles. The molecule has 3 aromatic rings. The van der Waals surface area contributed by atoms with E-state index in [-0.39, 0.29) is 29.9 Å². The summed E-state index contributed by atoms with van der Waals surface area (Å²) in [6, 6.07) is 8.74. The zero-order valence-electron chi connectivity index (χ0n) is 15.4. The number of hydrogen-bond donors (Lipinski definition) is 3. The van der Waals surface area contributed by atoms with E-state index in [1.54, 1.807) is 30.5 Å². The van der Waals surface area contributed by atoms with Crippen LogP contribution in [0.5, 0.6) is 0 Å². The van der Waals surface area contributed by atoms with Gasteiger partial charge in [-0.3, -0.25) is 4.79 Å². The van der Waals surface area contributed by atoms with Gasteiger partial charge in [0.25, 0.3) is 5.91 Å². The SMILES string of the molecule is Cc1cnc(N)cc1-c1nc(C(=O)NCCCCO)c(-c2ccccc2Cl)o1. The van der Waals surface area contributed by atoms with Crippen LogP contribution < -0.4 is 11.1 Å². The number of aryl methyl sites for hydroxylation is 1. The van der Waals surface area contributed by atoms with Crippen molar-refractivity contribution in [2.24, 2.45) is 0 Å². The molecule has 0 saturated carbocycles. The first-order valence-electron chi connectivity index (χ1n) is 8.88. The van der Waals surface area contributed by atoms with Crippen LogP contribution >= 0.6 is 11.6 Å². The first-order valence-corrected chi connectivity index (χ1v) is 9.26. The molecule has 8 heteroatoms. The number of carbonyl (C=O) groups is 1. The molecule has 0 aliphatic rings. The smallest absolute Gasteiger partial charge is 0.273 e. The first-order chi connectivity index (χ1) is 13.5. The van der Waals surface area contributed by atoms with Gasteiger partial charge in [-0.05, 0) is 43.5 Å². The van der Waals surface area contributed by atoms with E-state index in [0.29, 0.717) is 41.4 Å². The van der Waals surface area contributed by atoms with Gasteiger partial charge in [-0.15, -0.1) is 0 Å². The van der Waals surface area contributed by atoms with Crippen LogP contribution in [0.4, 0.5) is 5.82 Å². The molecular weight excluding hydrogens is 380 g/mol. The van der Waals surface area contributed by atoms with Crippen LogP contribution in [-0.2, 0) is 0 Å². The minimum atomic E-state index is -0.373.